The van der Waals surface area contributed by atoms with Crippen LogP contribution < -0.4 is 11.2 Å². The Balaban J connectivity index is 2.07. The minimum Gasteiger partial charge on any atom is -0.493 e. The van der Waals surface area contributed by atoms with E-state index >= 15 is 0 Å². The van der Waals surface area contributed by atoms with Crippen LogP contribution in [0.2, 0.25) is 5.02 Å². The first kappa shape index (κ1) is 18.6. The number of aromatic nitrogens is 2. The first-order valence-corrected chi connectivity index (χ1v) is 8.34. The molecule has 0 aliphatic heterocycles. The summed E-state index contributed by atoms with van der Waals surface area (Å²) in [4.78, 5) is 30.8. The van der Waals surface area contributed by atoms with Crippen LogP contribution in [0.1, 0.15) is 18.1 Å². The molecule has 0 aliphatic rings. The predicted molar refractivity (Wildman–Crippen MR) is 102 cm³/mol. The fourth-order valence-electron chi connectivity index (χ4n) is 2.63. The van der Waals surface area contributed by atoms with Crippen molar-refractivity contribution in [2.75, 3.05) is 0 Å². The summed E-state index contributed by atoms with van der Waals surface area (Å²) in [6.07, 6.45) is 0. The van der Waals surface area contributed by atoms with E-state index < -0.39 is 22.9 Å². The van der Waals surface area contributed by atoms with Crippen molar-refractivity contribution in [1.82, 2.24) is 9.55 Å². The summed E-state index contributed by atoms with van der Waals surface area (Å²) in [7, 11) is 0. The van der Waals surface area contributed by atoms with Crippen LogP contribution in [0, 0.1) is 5.82 Å². The summed E-state index contributed by atoms with van der Waals surface area (Å²) in [5, 5.41) is 10.9. The number of hydrogen-bond donors (Lipinski definition) is 2. The maximum absolute atomic E-state index is 13.3. The minimum absolute atomic E-state index is 0.110. The molecular formula is C19H15ClFN3O3. The lowest BCUT2D eigenvalue weighted by Crippen LogP contribution is -2.32. The van der Waals surface area contributed by atoms with Crippen molar-refractivity contribution in [3.8, 4) is 11.6 Å². The van der Waals surface area contributed by atoms with Crippen molar-refractivity contribution < 1.29 is 9.50 Å². The molecule has 138 valence electrons. The molecule has 0 saturated carbocycles. The van der Waals surface area contributed by atoms with Gasteiger partial charge in [-0.15, -0.1) is 0 Å². The Morgan fingerprint density at radius 2 is 1.96 bits per heavy atom. The maximum Gasteiger partial charge on any atom is 0.335 e. The van der Waals surface area contributed by atoms with Gasteiger partial charge in [-0.05, 0) is 42.8 Å². The van der Waals surface area contributed by atoms with Gasteiger partial charge in [0, 0.05) is 5.02 Å². The van der Waals surface area contributed by atoms with Crippen LogP contribution in [-0.4, -0.2) is 20.4 Å². The van der Waals surface area contributed by atoms with Crippen LogP contribution in [0.25, 0.3) is 5.69 Å². The zero-order valence-corrected chi connectivity index (χ0v) is 15.0. The number of benzene rings is 2. The Morgan fingerprint density at radius 1 is 1.22 bits per heavy atom. The van der Waals surface area contributed by atoms with Crippen molar-refractivity contribution in [3.05, 3.63) is 91.3 Å². The number of aromatic amines is 1. The van der Waals surface area contributed by atoms with Crippen LogP contribution in [0.3, 0.4) is 0 Å². The highest BCUT2D eigenvalue weighted by Gasteiger charge is 2.18. The fraction of sp³-hybridized carbons (Fsp3) is 0.105. The standard InChI is InChI=1S/C19H15ClFN3O3/c1-11(22-10-12-4-2-6-14(21)8-12)16-17(25)23-19(27)24(18(16)26)15-7-3-5-13(20)9-15/h2-9,26H,10H2,1H3,(H,23,25,27). The van der Waals surface area contributed by atoms with Crippen molar-refractivity contribution in [1.29, 1.82) is 0 Å². The summed E-state index contributed by atoms with van der Waals surface area (Å²) in [6, 6.07) is 12.2. The molecule has 0 atom stereocenters. The molecule has 8 heteroatoms. The second-order valence-corrected chi connectivity index (χ2v) is 6.24. The van der Waals surface area contributed by atoms with Crippen LogP contribution in [-0.2, 0) is 6.54 Å². The summed E-state index contributed by atoms with van der Waals surface area (Å²) in [6.45, 7) is 1.63. The van der Waals surface area contributed by atoms with E-state index in [2.05, 4.69) is 9.98 Å². The summed E-state index contributed by atoms with van der Waals surface area (Å²) >= 11 is 5.94. The van der Waals surface area contributed by atoms with Crippen molar-refractivity contribution in [2.45, 2.75) is 13.5 Å². The molecule has 2 aromatic carbocycles. The molecule has 0 bridgehead atoms. The second kappa shape index (κ2) is 7.59. The molecule has 2 N–H and O–H groups in total. The Bertz CT molecular complexity index is 1150. The lowest BCUT2D eigenvalue weighted by Gasteiger charge is -2.11. The lowest BCUT2D eigenvalue weighted by atomic mass is 10.2. The Labute approximate surface area is 158 Å². The average Bonchev–Trinajstić information content (AvgIpc) is 2.59. The van der Waals surface area contributed by atoms with Crippen LogP contribution >= 0.6 is 11.6 Å². The summed E-state index contributed by atoms with van der Waals surface area (Å²) < 4.78 is 14.2. The van der Waals surface area contributed by atoms with Gasteiger partial charge in [0.25, 0.3) is 5.56 Å². The molecule has 3 rings (SSSR count). The highest BCUT2D eigenvalue weighted by molar-refractivity contribution is 6.30. The third-order valence-electron chi connectivity index (χ3n) is 3.90. The number of hydrogen-bond acceptors (Lipinski definition) is 4. The number of H-pyrrole nitrogens is 1. The van der Waals surface area contributed by atoms with Gasteiger partial charge in [0.1, 0.15) is 11.4 Å². The molecule has 0 unspecified atom stereocenters. The third kappa shape index (κ3) is 3.98. The van der Waals surface area contributed by atoms with Gasteiger partial charge in [-0.2, -0.15) is 0 Å². The van der Waals surface area contributed by atoms with E-state index in [1.807, 2.05) is 0 Å². The molecule has 6 nitrogen and oxygen atoms in total. The van der Waals surface area contributed by atoms with Crippen molar-refractivity contribution in [2.24, 2.45) is 4.99 Å². The molecular weight excluding hydrogens is 373 g/mol. The number of nitrogens with zero attached hydrogens (tertiary/aromatic N) is 2. The quantitative estimate of drug-likeness (QED) is 0.674. The van der Waals surface area contributed by atoms with Gasteiger partial charge in [-0.3, -0.25) is 14.8 Å². The Kier molecular flexibility index (Phi) is 5.23. The number of halogens is 2. The molecule has 0 amide bonds. The fourth-order valence-corrected chi connectivity index (χ4v) is 2.81. The summed E-state index contributed by atoms with van der Waals surface area (Å²) in [5.41, 5.74) is -0.619. The number of aliphatic imine (C=N–C) groups is 1. The van der Waals surface area contributed by atoms with E-state index in [1.54, 1.807) is 30.3 Å². The Morgan fingerprint density at radius 3 is 2.67 bits per heavy atom. The number of rotatable bonds is 4. The third-order valence-corrected chi connectivity index (χ3v) is 4.14. The molecule has 27 heavy (non-hydrogen) atoms. The molecule has 1 aromatic heterocycles. The SMILES string of the molecule is CC(=NCc1cccc(F)c1)c1c(O)n(-c2cccc(Cl)c2)c(=O)[nH]c1=O. The predicted octanol–water partition coefficient (Wildman–Crippen LogP) is 3.03. The molecule has 0 radical (unpaired) electrons. The van der Waals surface area contributed by atoms with Crippen LogP contribution in [0.15, 0.2) is 63.1 Å². The van der Waals surface area contributed by atoms with Crippen molar-refractivity contribution >= 4 is 17.3 Å². The highest BCUT2D eigenvalue weighted by atomic mass is 35.5. The average molecular weight is 388 g/mol. The molecule has 0 saturated heterocycles. The molecule has 1 heterocycles. The lowest BCUT2D eigenvalue weighted by molar-refractivity contribution is 0.429. The van der Waals surface area contributed by atoms with Crippen LogP contribution in [0.5, 0.6) is 5.88 Å². The normalized spacial score (nSPS) is 11.6. The van der Waals surface area contributed by atoms with E-state index in [9.17, 15) is 19.1 Å². The van der Waals surface area contributed by atoms with Gasteiger partial charge in [0.15, 0.2) is 0 Å². The van der Waals surface area contributed by atoms with Crippen LogP contribution in [0.4, 0.5) is 4.39 Å². The number of aromatic hydroxyl groups is 1. The minimum atomic E-state index is -0.804. The molecule has 0 fully saturated rings. The first-order valence-electron chi connectivity index (χ1n) is 7.97. The van der Waals surface area contributed by atoms with E-state index in [0.717, 1.165) is 4.57 Å². The second-order valence-electron chi connectivity index (χ2n) is 5.80. The van der Waals surface area contributed by atoms with Crippen molar-refractivity contribution in [3.63, 3.8) is 0 Å². The highest BCUT2D eigenvalue weighted by Crippen LogP contribution is 2.20. The smallest absolute Gasteiger partial charge is 0.335 e. The van der Waals surface area contributed by atoms with E-state index in [1.165, 1.54) is 25.1 Å². The van der Waals surface area contributed by atoms with Gasteiger partial charge >= 0.3 is 5.69 Å². The van der Waals surface area contributed by atoms with Gasteiger partial charge in [0.2, 0.25) is 5.88 Å². The first-order chi connectivity index (χ1) is 12.9. The molecule has 0 aliphatic carbocycles. The zero-order chi connectivity index (χ0) is 19.6. The maximum atomic E-state index is 13.3. The largest absolute Gasteiger partial charge is 0.493 e. The monoisotopic (exact) mass is 387 g/mol. The van der Waals surface area contributed by atoms with E-state index in [0.29, 0.717) is 16.3 Å². The molecule has 3 aromatic rings. The number of nitrogens with one attached hydrogen (secondary N) is 1. The zero-order valence-electron chi connectivity index (χ0n) is 14.2. The van der Waals surface area contributed by atoms with E-state index in [4.69, 9.17) is 11.6 Å². The Hall–Kier alpha value is -3.19. The van der Waals surface area contributed by atoms with Gasteiger partial charge in [0.05, 0.1) is 17.9 Å². The van der Waals surface area contributed by atoms with Gasteiger partial charge in [-0.1, -0.05) is 29.8 Å². The van der Waals surface area contributed by atoms with Gasteiger partial charge in [-0.25, -0.2) is 13.8 Å². The van der Waals surface area contributed by atoms with E-state index in [-0.39, 0.29) is 17.8 Å². The summed E-state index contributed by atoms with van der Waals surface area (Å²) in [5.74, 6) is -0.943. The topological polar surface area (TPSA) is 87.4 Å². The molecule has 0 spiro atoms. The van der Waals surface area contributed by atoms with Gasteiger partial charge < -0.3 is 5.11 Å².